The molecule has 0 aliphatic heterocycles. The van der Waals surface area contributed by atoms with E-state index < -0.39 is 11.0 Å². The van der Waals surface area contributed by atoms with Crippen molar-refractivity contribution in [1.29, 1.82) is 5.26 Å². The van der Waals surface area contributed by atoms with Crippen molar-refractivity contribution < 1.29 is 4.21 Å². The van der Waals surface area contributed by atoms with Crippen LogP contribution in [0.1, 0.15) is 48.0 Å². The molecule has 0 aromatic carbocycles. The van der Waals surface area contributed by atoms with Gasteiger partial charge in [0.1, 0.15) is 0 Å². The van der Waals surface area contributed by atoms with Crippen molar-refractivity contribution in [1.82, 2.24) is 4.72 Å². The van der Waals surface area contributed by atoms with E-state index in [0.717, 1.165) is 0 Å². The highest BCUT2D eigenvalue weighted by Gasteiger charge is 2.29. The molecule has 0 aliphatic rings. The number of nitriles is 1. The number of nitrogens with zero attached hydrogens (tertiary/aromatic N) is 1. The highest BCUT2D eigenvalue weighted by molar-refractivity contribution is 7.84. The lowest BCUT2D eigenvalue weighted by Crippen LogP contribution is -2.45. The van der Waals surface area contributed by atoms with Crippen LogP contribution in [0, 0.1) is 16.7 Å². The predicted octanol–water partition coefficient (Wildman–Crippen LogP) is 2.37. The summed E-state index contributed by atoms with van der Waals surface area (Å²) in [5.74, 6) is 0. The van der Waals surface area contributed by atoms with Gasteiger partial charge in [-0.25, -0.2) is 8.93 Å². The summed E-state index contributed by atoms with van der Waals surface area (Å²) in [7, 11) is -1.12. The van der Waals surface area contributed by atoms with Crippen molar-refractivity contribution in [2.75, 3.05) is 0 Å². The molecule has 0 bridgehead atoms. The van der Waals surface area contributed by atoms with Gasteiger partial charge in [0.25, 0.3) is 0 Å². The molecule has 2 atom stereocenters. The maximum Gasteiger partial charge on any atom is 0.0973 e. The summed E-state index contributed by atoms with van der Waals surface area (Å²) in [6, 6.07) is 2.09. The lowest BCUT2D eigenvalue weighted by molar-refractivity contribution is 0.304. The fraction of sp³-hybridized carbons (Fsp3) is 0.909. The Balaban J connectivity index is 4.59. The van der Waals surface area contributed by atoms with Gasteiger partial charge in [-0.2, -0.15) is 5.26 Å². The average molecular weight is 230 g/mol. The van der Waals surface area contributed by atoms with E-state index in [9.17, 15) is 4.21 Å². The normalized spacial score (nSPS) is 16.9. The molecule has 0 radical (unpaired) electrons. The SMILES string of the molecule is CC(C)(C)[C@@H](CC#N)NS(=O)C(C)(C)C. The summed E-state index contributed by atoms with van der Waals surface area (Å²) in [6.45, 7) is 11.9. The smallest absolute Gasteiger partial charge is 0.0973 e. The van der Waals surface area contributed by atoms with Crippen molar-refractivity contribution in [2.45, 2.75) is 58.8 Å². The molecule has 0 rings (SSSR count). The highest BCUT2D eigenvalue weighted by atomic mass is 32.2. The van der Waals surface area contributed by atoms with Crippen LogP contribution in [0.5, 0.6) is 0 Å². The Bertz CT molecular complexity index is 268. The number of hydrogen-bond acceptors (Lipinski definition) is 2. The van der Waals surface area contributed by atoms with E-state index in [-0.39, 0.29) is 16.2 Å². The van der Waals surface area contributed by atoms with Crippen molar-refractivity contribution >= 4 is 11.0 Å². The largest absolute Gasteiger partial charge is 0.242 e. The van der Waals surface area contributed by atoms with Crippen molar-refractivity contribution in [3.8, 4) is 6.07 Å². The monoisotopic (exact) mass is 230 g/mol. The summed E-state index contributed by atoms with van der Waals surface area (Å²) in [4.78, 5) is 0. The molecule has 1 unspecified atom stereocenters. The molecule has 0 saturated carbocycles. The van der Waals surface area contributed by atoms with Gasteiger partial charge in [-0.05, 0) is 26.2 Å². The maximum absolute atomic E-state index is 11.9. The molecule has 0 aliphatic carbocycles. The molecule has 15 heavy (non-hydrogen) atoms. The van der Waals surface area contributed by atoms with Crippen LogP contribution < -0.4 is 4.72 Å². The zero-order valence-electron chi connectivity index (χ0n) is 10.5. The fourth-order valence-electron chi connectivity index (χ4n) is 0.922. The van der Waals surface area contributed by atoms with Crippen LogP contribution >= 0.6 is 0 Å². The molecule has 0 saturated heterocycles. The van der Waals surface area contributed by atoms with Gasteiger partial charge in [0, 0.05) is 6.04 Å². The lowest BCUT2D eigenvalue weighted by Gasteiger charge is -2.31. The Morgan fingerprint density at radius 2 is 1.73 bits per heavy atom. The van der Waals surface area contributed by atoms with Gasteiger partial charge in [0.15, 0.2) is 0 Å². The van der Waals surface area contributed by atoms with Crippen molar-refractivity contribution in [3.63, 3.8) is 0 Å². The first-order valence-corrected chi connectivity index (χ1v) is 6.29. The van der Waals surface area contributed by atoms with Crippen LogP contribution in [0.25, 0.3) is 0 Å². The van der Waals surface area contributed by atoms with Gasteiger partial charge in [-0.3, -0.25) is 0 Å². The molecule has 3 nitrogen and oxygen atoms in total. The van der Waals surface area contributed by atoms with E-state index >= 15 is 0 Å². The predicted molar refractivity (Wildman–Crippen MR) is 64.5 cm³/mol. The summed E-state index contributed by atoms with van der Waals surface area (Å²) in [5.41, 5.74) is -0.0589. The zero-order chi connectivity index (χ0) is 12.3. The van der Waals surface area contributed by atoms with Crippen LogP contribution in [-0.4, -0.2) is 15.0 Å². The molecule has 0 aromatic rings. The van der Waals surface area contributed by atoms with E-state index in [2.05, 4.69) is 10.8 Å². The Morgan fingerprint density at radius 3 is 2.00 bits per heavy atom. The molecule has 1 N–H and O–H groups in total. The molecular weight excluding hydrogens is 208 g/mol. The molecule has 0 aromatic heterocycles. The molecule has 0 amide bonds. The summed E-state index contributed by atoms with van der Waals surface area (Å²) < 4.78 is 14.6. The quantitative estimate of drug-likeness (QED) is 0.809. The van der Waals surface area contributed by atoms with Crippen LogP contribution in [0.3, 0.4) is 0 Å². The van der Waals surface area contributed by atoms with Crippen LogP contribution in [0.4, 0.5) is 0 Å². The third-order valence-electron chi connectivity index (χ3n) is 2.15. The Morgan fingerprint density at radius 1 is 1.27 bits per heavy atom. The Hall–Kier alpha value is -0.400. The topological polar surface area (TPSA) is 52.9 Å². The summed E-state index contributed by atoms with van der Waals surface area (Å²) in [6.07, 6.45) is 0.380. The zero-order valence-corrected chi connectivity index (χ0v) is 11.4. The fourth-order valence-corrected chi connectivity index (χ4v) is 1.97. The first-order chi connectivity index (χ1) is 6.59. The molecular formula is C11H22N2OS. The highest BCUT2D eigenvalue weighted by Crippen LogP contribution is 2.23. The van der Waals surface area contributed by atoms with E-state index in [1.54, 1.807) is 0 Å². The number of nitrogens with one attached hydrogen (secondary N) is 1. The van der Waals surface area contributed by atoms with Gasteiger partial charge in [0.2, 0.25) is 0 Å². The minimum absolute atomic E-state index is 0.0393. The second-order valence-electron chi connectivity index (χ2n) is 5.78. The Kier molecular flexibility index (Phi) is 4.95. The number of rotatable bonds is 3. The molecule has 4 heteroatoms. The Labute approximate surface area is 95.8 Å². The first kappa shape index (κ1) is 14.6. The van der Waals surface area contributed by atoms with E-state index in [4.69, 9.17) is 5.26 Å². The van der Waals surface area contributed by atoms with Gasteiger partial charge < -0.3 is 0 Å². The third-order valence-corrected chi connectivity index (χ3v) is 3.76. The lowest BCUT2D eigenvalue weighted by atomic mass is 9.86. The van der Waals surface area contributed by atoms with Crippen LogP contribution in [0.15, 0.2) is 0 Å². The molecule has 0 fully saturated rings. The minimum Gasteiger partial charge on any atom is -0.242 e. The van der Waals surface area contributed by atoms with E-state index in [0.29, 0.717) is 6.42 Å². The number of hydrogen-bond donors (Lipinski definition) is 1. The van der Waals surface area contributed by atoms with Gasteiger partial charge in [0.05, 0.1) is 28.2 Å². The van der Waals surface area contributed by atoms with Gasteiger partial charge in [-0.1, -0.05) is 20.8 Å². The average Bonchev–Trinajstić information content (AvgIpc) is 1.99. The first-order valence-electron chi connectivity index (χ1n) is 5.14. The molecule has 0 spiro atoms. The summed E-state index contributed by atoms with van der Waals surface area (Å²) >= 11 is 0. The standard InChI is InChI=1S/C11H22N2OS/c1-10(2,3)9(7-8-12)13-15(14)11(4,5)6/h9,13H,7H2,1-6H3/t9-,15?/m1/s1. The van der Waals surface area contributed by atoms with Gasteiger partial charge in [-0.15, -0.1) is 0 Å². The van der Waals surface area contributed by atoms with E-state index in [1.165, 1.54) is 0 Å². The maximum atomic E-state index is 11.9. The van der Waals surface area contributed by atoms with E-state index in [1.807, 2.05) is 41.5 Å². The second-order valence-corrected chi connectivity index (χ2v) is 7.78. The minimum atomic E-state index is -1.12. The van der Waals surface area contributed by atoms with Gasteiger partial charge >= 0.3 is 0 Å². The van der Waals surface area contributed by atoms with Crippen molar-refractivity contribution in [2.24, 2.45) is 5.41 Å². The van der Waals surface area contributed by atoms with Crippen LogP contribution in [-0.2, 0) is 11.0 Å². The third kappa shape index (κ3) is 5.29. The molecule has 88 valence electrons. The van der Waals surface area contributed by atoms with Crippen molar-refractivity contribution in [3.05, 3.63) is 0 Å². The second kappa shape index (κ2) is 5.09. The van der Waals surface area contributed by atoms with Crippen LogP contribution in [0.2, 0.25) is 0 Å². The molecule has 0 heterocycles. The summed E-state index contributed by atoms with van der Waals surface area (Å²) in [5, 5.41) is 8.73.